The highest BCUT2D eigenvalue weighted by atomic mass is 16.7. The van der Waals surface area contributed by atoms with Gasteiger partial charge in [0.25, 0.3) is 0 Å². The Balaban J connectivity index is 1.73. The SMILES string of the molecule is COC1C=CC23c4cc5c(cc4COC2(O)CNC3C1)OCO5. The number of aliphatic hydroxyl groups is 1. The fourth-order valence-corrected chi connectivity index (χ4v) is 4.45. The number of ether oxygens (including phenoxy) is 4. The molecule has 6 nitrogen and oxygen atoms in total. The van der Waals surface area contributed by atoms with Gasteiger partial charge in [-0.05, 0) is 29.7 Å². The lowest BCUT2D eigenvalue weighted by molar-refractivity contribution is -0.235. The first-order chi connectivity index (χ1) is 11.2. The van der Waals surface area contributed by atoms with Crippen LogP contribution < -0.4 is 14.8 Å². The molecule has 2 N–H and O–H groups in total. The number of rotatable bonds is 1. The number of benzene rings is 1. The van der Waals surface area contributed by atoms with Crippen LogP contribution in [0.3, 0.4) is 0 Å². The summed E-state index contributed by atoms with van der Waals surface area (Å²) in [5, 5.41) is 14.6. The molecule has 0 amide bonds. The number of hydrogen-bond acceptors (Lipinski definition) is 6. The molecule has 122 valence electrons. The summed E-state index contributed by atoms with van der Waals surface area (Å²) >= 11 is 0. The van der Waals surface area contributed by atoms with E-state index < -0.39 is 11.2 Å². The zero-order valence-corrected chi connectivity index (χ0v) is 12.9. The highest BCUT2D eigenvalue weighted by Crippen LogP contribution is 2.54. The molecule has 3 aliphatic heterocycles. The van der Waals surface area contributed by atoms with Crippen LogP contribution in [-0.4, -0.2) is 43.5 Å². The van der Waals surface area contributed by atoms with E-state index in [1.54, 1.807) is 7.11 Å². The largest absolute Gasteiger partial charge is 0.454 e. The molecule has 4 aliphatic rings. The molecule has 0 aromatic heterocycles. The zero-order valence-electron chi connectivity index (χ0n) is 12.9. The lowest BCUT2D eigenvalue weighted by Crippen LogP contribution is -2.59. The fourth-order valence-electron chi connectivity index (χ4n) is 4.45. The van der Waals surface area contributed by atoms with Gasteiger partial charge >= 0.3 is 0 Å². The molecule has 1 saturated heterocycles. The lowest BCUT2D eigenvalue weighted by Gasteiger charge is -2.48. The topological polar surface area (TPSA) is 69.2 Å². The first kappa shape index (κ1) is 13.8. The van der Waals surface area contributed by atoms with Crippen molar-refractivity contribution in [2.75, 3.05) is 20.4 Å². The Morgan fingerprint density at radius 1 is 1.30 bits per heavy atom. The Hall–Kier alpha value is -1.60. The van der Waals surface area contributed by atoms with Crippen LogP contribution in [0.25, 0.3) is 0 Å². The number of methoxy groups -OCH3 is 1. The zero-order chi connectivity index (χ0) is 15.7. The molecule has 6 heteroatoms. The number of β-amino-alcohol motifs (C(OH)–C–C–N with tert-alkyl or cyclic N) is 1. The van der Waals surface area contributed by atoms with Crippen molar-refractivity contribution in [3.8, 4) is 11.5 Å². The van der Waals surface area contributed by atoms with Crippen LogP contribution >= 0.6 is 0 Å². The monoisotopic (exact) mass is 317 g/mol. The van der Waals surface area contributed by atoms with Crippen molar-refractivity contribution in [1.82, 2.24) is 5.32 Å². The predicted octanol–water partition coefficient (Wildman–Crippen LogP) is 0.819. The Kier molecular flexibility index (Phi) is 2.69. The second-order valence-electron chi connectivity index (χ2n) is 6.61. The van der Waals surface area contributed by atoms with Gasteiger partial charge in [-0.3, -0.25) is 0 Å². The summed E-state index contributed by atoms with van der Waals surface area (Å²) in [6.07, 6.45) is 4.90. The summed E-state index contributed by atoms with van der Waals surface area (Å²) in [4.78, 5) is 0. The molecule has 1 fully saturated rings. The first-order valence-electron chi connectivity index (χ1n) is 7.91. The molecule has 1 aromatic carbocycles. The maximum atomic E-state index is 11.2. The smallest absolute Gasteiger partial charge is 0.231 e. The second kappa shape index (κ2) is 4.48. The summed E-state index contributed by atoms with van der Waals surface area (Å²) in [5.41, 5.74) is 1.46. The van der Waals surface area contributed by atoms with Crippen molar-refractivity contribution in [1.29, 1.82) is 0 Å². The molecule has 23 heavy (non-hydrogen) atoms. The quantitative estimate of drug-likeness (QED) is 0.748. The van der Waals surface area contributed by atoms with E-state index >= 15 is 0 Å². The fraction of sp³-hybridized carbons (Fsp3) is 0.529. The van der Waals surface area contributed by atoms with Gasteiger partial charge in [0.1, 0.15) is 0 Å². The number of hydrogen-bond donors (Lipinski definition) is 2. The minimum absolute atomic E-state index is 0.0415. The summed E-state index contributed by atoms with van der Waals surface area (Å²) in [5.74, 6) is 0.217. The molecule has 1 aromatic rings. The molecule has 4 unspecified atom stereocenters. The van der Waals surface area contributed by atoms with Gasteiger partial charge in [-0.2, -0.15) is 0 Å². The van der Waals surface area contributed by atoms with E-state index in [4.69, 9.17) is 18.9 Å². The van der Waals surface area contributed by atoms with Gasteiger partial charge in [0, 0.05) is 13.2 Å². The molecule has 1 aliphatic carbocycles. The van der Waals surface area contributed by atoms with Gasteiger partial charge in [0.2, 0.25) is 6.79 Å². The van der Waals surface area contributed by atoms with E-state index in [1.807, 2.05) is 18.2 Å². The Morgan fingerprint density at radius 2 is 2.13 bits per heavy atom. The third kappa shape index (κ3) is 1.61. The molecule has 0 bridgehead atoms. The van der Waals surface area contributed by atoms with Gasteiger partial charge in [-0.1, -0.05) is 12.2 Å². The third-order valence-electron chi connectivity index (χ3n) is 5.64. The highest BCUT2D eigenvalue weighted by Gasteiger charge is 2.64. The Bertz CT molecular complexity index is 704. The molecule has 3 heterocycles. The first-order valence-corrected chi connectivity index (χ1v) is 7.91. The number of fused-ring (bicyclic) bond motifs is 2. The van der Waals surface area contributed by atoms with Crippen molar-refractivity contribution in [3.05, 3.63) is 35.4 Å². The van der Waals surface area contributed by atoms with Crippen molar-refractivity contribution < 1.29 is 24.1 Å². The average Bonchev–Trinajstić information content (AvgIpc) is 3.15. The maximum Gasteiger partial charge on any atom is 0.231 e. The molecular weight excluding hydrogens is 298 g/mol. The van der Waals surface area contributed by atoms with Crippen LogP contribution in [0.1, 0.15) is 17.5 Å². The maximum absolute atomic E-state index is 11.2. The van der Waals surface area contributed by atoms with Gasteiger partial charge in [0.05, 0.1) is 24.7 Å². The van der Waals surface area contributed by atoms with E-state index in [9.17, 15) is 5.11 Å². The van der Waals surface area contributed by atoms with E-state index in [0.29, 0.717) is 13.2 Å². The van der Waals surface area contributed by atoms with E-state index in [-0.39, 0.29) is 18.9 Å². The standard InChI is InChI=1S/C17H19NO5/c1-20-11-2-3-16-12-6-14-13(21-9-22-14)4-10(12)7-23-17(16,19)8-18-15(16)5-11/h2-4,6,11,15,18-19H,5,7-9H2,1H3. The van der Waals surface area contributed by atoms with Gasteiger partial charge in [-0.25, -0.2) is 0 Å². The molecule has 5 rings (SSSR count). The van der Waals surface area contributed by atoms with Crippen molar-refractivity contribution in [2.24, 2.45) is 0 Å². The second-order valence-corrected chi connectivity index (χ2v) is 6.61. The summed E-state index contributed by atoms with van der Waals surface area (Å²) in [6, 6.07) is 4.02. The van der Waals surface area contributed by atoms with Crippen molar-refractivity contribution >= 4 is 0 Å². The minimum atomic E-state index is -1.26. The normalized spacial score (nSPS) is 39.7. The van der Waals surface area contributed by atoms with E-state index in [2.05, 4.69) is 11.4 Å². The van der Waals surface area contributed by atoms with Crippen LogP contribution in [0.5, 0.6) is 11.5 Å². The molecule has 1 spiro atoms. The molecule has 0 radical (unpaired) electrons. The minimum Gasteiger partial charge on any atom is -0.454 e. The lowest BCUT2D eigenvalue weighted by atomic mass is 9.64. The Morgan fingerprint density at radius 3 is 2.96 bits per heavy atom. The van der Waals surface area contributed by atoms with Crippen molar-refractivity contribution in [3.63, 3.8) is 0 Å². The predicted molar refractivity (Wildman–Crippen MR) is 80.3 cm³/mol. The number of nitrogens with one attached hydrogen (secondary N) is 1. The van der Waals surface area contributed by atoms with Crippen LogP contribution in [0.2, 0.25) is 0 Å². The summed E-state index contributed by atoms with van der Waals surface area (Å²) in [7, 11) is 1.71. The van der Waals surface area contributed by atoms with Crippen LogP contribution in [0.15, 0.2) is 24.3 Å². The van der Waals surface area contributed by atoms with Crippen molar-refractivity contribution in [2.45, 2.75) is 36.4 Å². The highest BCUT2D eigenvalue weighted by molar-refractivity contribution is 5.56. The molecular formula is C17H19NO5. The van der Waals surface area contributed by atoms with Crippen LogP contribution in [0.4, 0.5) is 0 Å². The van der Waals surface area contributed by atoms with E-state index in [1.165, 1.54) is 0 Å². The van der Waals surface area contributed by atoms with Crippen LogP contribution in [0, 0.1) is 0 Å². The third-order valence-corrected chi connectivity index (χ3v) is 5.64. The summed E-state index contributed by atoms with van der Waals surface area (Å²) in [6.45, 7) is 0.992. The summed E-state index contributed by atoms with van der Waals surface area (Å²) < 4.78 is 22.4. The average molecular weight is 317 g/mol. The molecule has 4 atom stereocenters. The van der Waals surface area contributed by atoms with Crippen LogP contribution in [-0.2, 0) is 21.5 Å². The van der Waals surface area contributed by atoms with Gasteiger partial charge in [0.15, 0.2) is 17.3 Å². The van der Waals surface area contributed by atoms with Gasteiger partial charge in [-0.15, -0.1) is 0 Å². The van der Waals surface area contributed by atoms with Gasteiger partial charge < -0.3 is 29.4 Å². The molecule has 0 saturated carbocycles. The van der Waals surface area contributed by atoms with E-state index in [0.717, 1.165) is 29.0 Å². The Labute approximate surface area is 134 Å².